The highest BCUT2D eigenvalue weighted by Gasteiger charge is 2.16. The van der Waals surface area contributed by atoms with Crippen LogP contribution in [0.15, 0.2) is 36.9 Å². The predicted molar refractivity (Wildman–Crippen MR) is 80.1 cm³/mol. The molecule has 19 heavy (non-hydrogen) atoms. The van der Waals surface area contributed by atoms with Gasteiger partial charge in [0.05, 0.1) is 17.1 Å². The van der Waals surface area contributed by atoms with Crippen LogP contribution in [0.25, 0.3) is 0 Å². The van der Waals surface area contributed by atoms with Gasteiger partial charge in [-0.25, -0.2) is 9.78 Å². The Hall–Kier alpha value is -1.66. The summed E-state index contributed by atoms with van der Waals surface area (Å²) in [4.78, 5) is 15.5. The zero-order valence-electron chi connectivity index (χ0n) is 10.1. The number of carboxylic acid groups (broad SMARTS) is 1. The Morgan fingerprint density at radius 1 is 1.53 bits per heavy atom. The number of aromatic nitrogens is 2. The molecule has 0 fully saturated rings. The van der Waals surface area contributed by atoms with Crippen molar-refractivity contribution in [2.24, 2.45) is 0 Å². The van der Waals surface area contributed by atoms with Gasteiger partial charge in [0.2, 0.25) is 0 Å². The second-order valence-corrected chi connectivity index (χ2v) is 5.02. The number of thiol groups is 1. The van der Waals surface area contributed by atoms with E-state index in [0.29, 0.717) is 10.6 Å². The molecule has 1 heterocycles. The van der Waals surface area contributed by atoms with Crippen molar-refractivity contribution in [2.45, 2.75) is 12.2 Å². The van der Waals surface area contributed by atoms with Crippen LogP contribution in [0.2, 0.25) is 0 Å². The number of hydrogen-bond acceptors (Lipinski definition) is 4. The minimum Gasteiger partial charge on any atom is -0.478 e. The Morgan fingerprint density at radius 2 is 2.26 bits per heavy atom. The minimum atomic E-state index is -0.933. The van der Waals surface area contributed by atoms with E-state index in [1.165, 1.54) is 0 Å². The van der Waals surface area contributed by atoms with Gasteiger partial charge in [0, 0.05) is 12.4 Å². The van der Waals surface area contributed by atoms with Crippen molar-refractivity contribution in [3.8, 4) is 0 Å². The predicted octanol–water partition coefficient (Wildman–Crippen LogP) is 2.74. The van der Waals surface area contributed by atoms with E-state index in [0.717, 1.165) is 5.56 Å². The first kappa shape index (κ1) is 13.8. The number of benzene rings is 1. The number of thiocarbonyl (C=S) groups is 1. The summed E-state index contributed by atoms with van der Waals surface area (Å²) in [7, 11) is 0. The zero-order chi connectivity index (χ0) is 14.0. The Kier molecular flexibility index (Phi) is 4.01. The number of aromatic carboxylic acids is 1. The zero-order valence-corrected chi connectivity index (χ0v) is 11.9. The van der Waals surface area contributed by atoms with Crippen LogP contribution in [0.1, 0.15) is 26.7 Å². The molecule has 0 spiro atoms. The van der Waals surface area contributed by atoms with Gasteiger partial charge < -0.3 is 5.11 Å². The van der Waals surface area contributed by atoms with Gasteiger partial charge in [-0.15, -0.1) is 0 Å². The Balaban J connectivity index is 2.30. The van der Waals surface area contributed by atoms with Crippen molar-refractivity contribution >= 4 is 35.8 Å². The molecule has 1 unspecified atom stereocenters. The quantitative estimate of drug-likeness (QED) is 0.674. The fourth-order valence-corrected chi connectivity index (χ4v) is 2.31. The van der Waals surface area contributed by atoms with E-state index in [1.807, 2.05) is 0 Å². The number of carbonyl (C=O) groups is 1. The van der Waals surface area contributed by atoms with Gasteiger partial charge in [-0.2, -0.15) is 12.6 Å². The SMILES string of the molecule is Cc1cc(C(S)C(=S)n2ccnc2)ccc1C(=O)O. The summed E-state index contributed by atoms with van der Waals surface area (Å²) in [6, 6.07) is 5.11. The normalized spacial score (nSPS) is 12.1. The van der Waals surface area contributed by atoms with E-state index in [-0.39, 0.29) is 10.8 Å². The molecule has 6 heteroatoms. The van der Waals surface area contributed by atoms with Gasteiger partial charge in [-0.05, 0) is 24.1 Å². The Labute approximate surface area is 121 Å². The lowest BCUT2D eigenvalue weighted by molar-refractivity contribution is 0.0696. The van der Waals surface area contributed by atoms with Gasteiger partial charge in [0.15, 0.2) is 0 Å². The number of rotatable bonds is 3. The third kappa shape index (κ3) is 2.85. The average Bonchev–Trinajstić information content (AvgIpc) is 2.90. The third-order valence-electron chi connectivity index (χ3n) is 2.79. The van der Waals surface area contributed by atoms with Crippen molar-refractivity contribution in [1.29, 1.82) is 0 Å². The van der Waals surface area contributed by atoms with Crippen molar-refractivity contribution < 1.29 is 9.90 Å². The summed E-state index contributed by atoms with van der Waals surface area (Å²) in [5.41, 5.74) is 1.85. The minimum absolute atomic E-state index is 0.286. The molecule has 0 aliphatic carbocycles. The summed E-state index contributed by atoms with van der Waals surface area (Å²) in [5.74, 6) is -0.933. The first-order valence-electron chi connectivity index (χ1n) is 5.55. The highest BCUT2D eigenvalue weighted by Crippen LogP contribution is 2.25. The summed E-state index contributed by atoms with van der Waals surface area (Å²) >= 11 is 9.83. The molecule has 0 aliphatic rings. The van der Waals surface area contributed by atoms with Crippen molar-refractivity contribution in [3.63, 3.8) is 0 Å². The van der Waals surface area contributed by atoms with E-state index in [9.17, 15) is 4.79 Å². The molecule has 0 saturated carbocycles. The molecule has 0 radical (unpaired) electrons. The number of nitrogens with zero attached hydrogens (tertiary/aromatic N) is 2. The molecule has 2 aromatic rings. The second-order valence-electron chi connectivity index (χ2n) is 4.09. The third-order valence-corrected chi connectivity index (χ3v) is 3.95. The monoisotopic (exact) mass is 292 g/mol. The number of aryl methyl sites for hydroxylation is 1. The lowest BCUT2D eigenvalue weighted by atomic mass is 10.0. The maximum Gasteiger partial charge on any atom is 0.335 e. The smallest absolute Gasteiger partial charge is 0.335 e. The number of hydrogen-bond donors (Lipinski definition) is 2. The molecule has 1 aromatic carbocycles. The van der Waals surface area contributed by atoms with Crippen LogP contribution in [0.3, 0.4) is 0 Å². The molecular formula is C13H12N2O2S2. The van der Waals surface area contributed by atoms with Gasteiger partial charge in [0.1, 0.15) is 4.99 Å². The van der Waals surface area contributed by atoms with E-state index in [1.54, 1.807) is 48.4 Å². The van der Waals surface area contributed by atoms with Crippen LogP contribution in [-0.4, -0.2) is 25.6 Å². The molecule has 98 valence electrons. The first-order valence-corrected chi connectivity index (χ1v) is 6.47. The molecule has 1 atom stereocenters. The molecular weight excluding hydrogens is 280 g/mol. The molecule has 1 aromatic heterocycles. The summed E-state index contributed by atoms with van der Waals surface area (Å²) in [6.45, 7) is 1.76. The van der Waals surface area contributed by atoms with E-state index < -0.39 is 5.97 Å². The van der Waals surface area contributed by atoms with Crippen molar-refractivity contribution in [1.82, 2.24) is 9.55 Å². The molecule has 0 amide bonds. The molecule has 0 bridgehead atoms. The van der Waals surface area contributed by atoms with Gasteiger partial charge in [-0.3, -0.25) is 4.57 Å². The highest BCUT2D eigenvalue weighted by molar-refractivity contribution is 7.86. The largest absolute Gasteiger partial charge is 0.478 e. The highest BCUT2D eigenvalue weighted by atomic mass is 32.1. The van der Waals surface area contributed by atoms with Crippen LogP contribution in [-0.2, 0) is 0 Å². The second kappa shape index (κ2) is 5.54. The maximum atomic E-state index is 11.0. The fourth-order valence-electron chi connectivity index (χ4n) is 1.77. The maximum absolute atomic E-state index is 11.0. The van der Waals surface area contributed by atoms with Gasteiger partial charge in [0.25, 0.3) is 0 Å². The van der Waals surface area contributed by atoms with E-state index >= 15 is 0 Å². The average molecular weight is 292 g/mol. The summed E-state index contributed by atoms with van der Waals surface area (Å²) in [6.07, 6.45) is 5.01. The molecule has 1 N–H and O–H groups in total. The topological polar surface area (TPSA) is 55.1 Å². The van der Waals surface area contributed by atoms with E-state index in [2.05, 4.69) is 17.6 Å². The summed E-state index contributed by atoms with van der Waals surface area (Å²) < 4.78 is 1.72. The van der Waals surface area contributed by atoms with Crippen LogP contribution < -0.4 is 0 Å². The first-order chi connectivity index (χ1) is 9.00. The van der Waals surface area contributed by atoms with Crippen LogP contribution >= 0.6 is 24.8 Å². The fraction of sp³-hybridized carbons (Fsp3) is 0.154. The number of carboxylic acids is 1. The van der Waals surface area contributed by atoms with Crippen LogP contribution in [0, 0.1) is 6.92 Å². The lowest BCUT2D eigenvalue weighted by Gasteiger charge is -2.14. The number of imidazole rings is 1. The Morgan fingerprint density at radius 3 is 2.79 bits per heavy atom. The summed E-state index contributed by atoms with van der Waals surface area (Å²) in [5, 5.41) is 8.71. The Bertz CT molecular complexity index is 624. The molecule has 4 nitrogen and oxygen atoms in total. The molecule has 0 aliphatic heterocycles. The van der Waals surface area contributed by atoms with Crippen molar-refractivity contribution in [2.75, 3.05) is 0 Å². The standard InChI is InChI=1S/C13H12N2O2S2/c1-8-6-9(2-3-10(8)13(16)17)11(18)12(19)15-5-4-14-7-15/h2-7,11,18H,1H3,(H,16,17). The van der Waals surface area contributed by atoms with Gasteiger partial charge >= 0.3 is 5.97 Å². The molecule has 2 rings (SSSR count). The van der Waals surface area contributed by atoms with Gasteiger partial charge in [-0.1, -0.05) is 24.4 Å². The lowest BCUT2D eigenvalue weighted by Crippen LogP contribution is -2.14. The van der Waals surface area contributed by atoms with Crippen molar-refractivity contribution in [3.05, 3.63) is 53.6 Å². The van der Waals surface area contributed by atoms with E-state index in [4.69, 9.17) is 17.3 Å². The van der Waals surface area contributed by atoms with Crippen LogP contribution in [0.4, 0.5) is 0 Å². The molecule has 0 saturated heterocycles. The van der Waals surface area contributed by atoms with Crippen LogP contribution in [0.5, 0.6) is 0 Å².